The largest absolute Gasteiger partial charge is 0.399 e. The van der Waals surface area contributed by atoms with E-state index < -0.39 is 0 Å². The average Bonchev–Trinajstić information content (AvgIpc) is 2.29. The number of rotatable bonds is 4. The van der Waals surface area contributed by atoms with Crippen molar-refractivity contribution in [1.82, 2.24) is 0 Å². The van der Waals surface area contributed by atoms with Crippen molar-refractivity contribution in [1.29, 1.82) is 0 Å². The van der Waals surface area contributed by atoms with Gasteiger partial charge in [-0.05, 0) is 36.6 Å². The predicted octanol–water partition coefficient (Wildman–Crippen LogP) is 4.19. The zero-order valence-corrected chi connectivity index (χ0v) is 10.0. The third kappa shape index (κ3) is 3.77. The summed E-state index contributed by atoms with van der Waals surface area (Å²) in [7, 11) is 0. The summed E-state index contributed by atoms with van der Waals surface area (Å²) in [5.74, 6) is 0. The van der Waals surface area contributed by atoms with E-state index in [0.717, 1.165) is 17.7 Å². The van der Waals surface area contributed by atoms with Crippen LogP contribution in [0.15, 0.2) is 54.6 Å². The Bertz CT molecular complexity index is 408. The lowest BCUT2D eigenvalue weighted by atomic mass is 10.1. The fourth-order valence-corrected chi connectivity index (χ4v) is 1.29. The minimum Gasteiger partial charge on any atom is -0.399 e. The van der Waals surface area contributed by atoms with Crippen LogP contribution < -0.4 is 5.73 Å². The molecule has 0 spiro atoms. The maximum atomic E-state index is 5.64. The molecule has 0 aromatic heterocycles. The minimum absolute atomic E-state index is 0.798. The molecule has 0 aliphatic rings. The van der Waals surface area contributed by atoms with Crippen LogP contribution >= 0.6 is 0 Å². The van der Waals surface area contributed by atoms with Crippen LogP contribution in [0.3, 0.4) is 0 Å². The maximum absolute atomic E-state index is 5.64. The SMILES string of the molecule is C=C(/C=C\C=C(/C)c1ccc(N)cc1)CC. The van der Waals surface area contributed by atoms with Gasteiger partial charge in [0.15, 0.2) is 0 Å². The van der Waals surface area contributed by atoms with Gasteiger partial charge in [0.05, 0.1) is 0 Å². The molecule has 1 heteroatoms. The van der Waals surface area contributed by atoms with Crippen molar-refractivity contribution in [3.8, 4) is 0 Å². The van der Waals surface area contributed by atoms with Gasteiger partial charge in [0.25, 0.3) is 0 Å². The highest BCUT2D eigenvalue weighted by Gasteiger charge is 1.93. The number of nitrogens with two attached hydrogens (primary N) is 1. The Morgan fingerprint density at radius 1 is 1.31 bits per heavy atom. The van der Waals surface area contributed by atoms with Crippen LogP contribution in [0.2, 0.25) is 0 Å². The molecule has 0 saturated carbocycles. The molecule has 2 N–H and O–H groups in total. The number of hydrogen-bond donors (Lipinski definition) is 1. The Morgan fingerprint density at radius 3 is 2.50 bits per heavy atom. The molecule has 1 nitrogen and oxygen atoms in total. The van der Waals surface area contributed by atoms with Crippen molar-refractivity contribution in [2.75, 3.05) is 5.73 Å². The Hall–Kier alpha value is -1.76. The second-order valence-electron chi connectivity index (χ2n) is 3.84. The van der Waals surface area contributed by atoms with Crippen molar-refractivity contribution in [3.63, 3.8) is 0 Å². The lowest BCUT2D eigenvalue weighted by Crippen LogP contribution is -1.84. The summed E-state index contributed by atoms with van der Waals surface area (Å²) in [5, 5.41) is 0. The summed E-state index contributed by atoms with van der Waals surface area (Å²) in [6.07, 6.45) is 7.16. The van der Waals surface area contributed by atoms with Gasteiger partial charge in [-0.15, -0.1) is 0 Å². The lowest BCUT2D eigenvalue weighted by Gasteiger charge is -2.00. The first kappa shape index (κ1) is 12.3. The van der Waals surface area contributed by atoms with Crippen molar-refractivity contribution >= 4 is 11.3 Å². The Kier molecular flexibility index (Phi) is 4.59. The summed E-state index contributed by atoms with van der Waals surface area (Å²) >= 11 is 0. The molecule has 0 bridgehead atoms. The molecule has 0 amide bonds. The third-order valence-electron chi connectivity index (χ3n) is 2.50. The predicted molar refractivity (Wildman–Crippen MR) is 73.1 cm³/mol. The molecule has 16 heavy (non-hydrogen) atoms. The molecular weight excluding hydrogens is 194 g/mol. The van der Waals surface area contributed by atoms with Gasteiger partial charge in [0.2, 0.25) is 0 Å². The molecule has 0 radical (unpaired) electrons. The van der Waals surface area contributed by atoms with E-state index in [2.05, 4.69) is 26.5 Å². The average molecular weight is 213 g/mol. The van der Waals surface area contributed by atoms with E-state index in [4.69, 9.17) is 5.73 Å². The van der Waals surface area contributed by atoms with Gasteiger partial charge in [0.1, 0.15) is 0 Å². The highest BCUT2D eigenvalue weighted by Crippen LogP contribution is 2.15. The van der Waals surface area contributed by atoms with Gasteiger partial charge in [0, 0.05) is 5.69 Å². The molecule has 1 rings (SSSR count). The van der Waals surface area contributed by atoms with E-state index in [1.165, 1.54) is 11.1 Å². The van der Waals surface area contributed by atoms with Crippen molar-refractivity contribution in [2.24, 2.45) is 0 Å². The summed E-state index contributed by atoms with van der Waals surface area (Å²) in [4.78, 5) is 0. The molecule has 0 fully saturated rings. The Morgan fingerprint density at radius 2 is 1.94 bits per heavy atom. The summed E-state index contributed by atoms with van der Waals surface area (Å²) in [6.45, 7) is 8.11. The molecular formula is C15H19N. The van der Waals surface area contributed by atoms with Gasteiger partial charge in [-0.1, -0.05) is 49.4 Å². The van der Waals surface area contributed by atoms with Crippen molar-refractivity contribution in [3.05, 3.63) is 60.2 Å². The number of anilines is 1. The number of benzene rings is 1. The van der Waals surface area contributed by atoms with Crippen LogP contribution in [0.4, 0.5) is 5.69 Å². The van der Waals surface area contributed by atoms with E-state index in [-0.39, 0.29) is 0 Å². The number of hydrogen-bond acceptors (Lipinski definition) is 1. The van der Waals surface area contributed by atoms with Gasteiger partial charge in [-0.3, -0.25) is 0 Å². The second kappa shape index (κ2) is 5.96. The molecule has 0 unspecified atom stereocenters. The quantitative estimate of drug-likeness (QED) is 0.589. The van der Waals surface area contributed by atoms with E-state index in [0.29, 0.717) is 0 Å². The zero-order valence-electron chi connectivity index (χ0n) is 10.0. The maximum Gasteiger partial charge on any atom is 0.0314 e. The monoisotopic (exact) mass is 213 g/mol. The van der Waals surface area contributed by atoms with E-state index in [1.807, 2.05) is 36.4 Å². The van der Waals surface area contributed by atoms with Crippen molar-refractivity contribution in [2.45, 2.75) is 20.3 Å². The van der Waals surface area contributed by atoms with Crippen LogP contribution in [0.1, 0.15) is 25.8 Å². The molecule has 0 heterocycles. The fourth-order valence-electron chi connectivity index (χ4n) is 1.29. The van der Waals surface area contributed by atoms with Crippen LogP contribution in [-0.4, -0.2) is 0 Å². The molecule has 0 aliphatic heterocycles. The van der Waals surface area contributed by atoms with Gasteiger partial charge >= 0.3 is 0 Å². The van der Waals surface area contributed by atoms with Crippen LogP contribution in [0.5, 0.6) is 0 Å². The lowest BCUT2D eigenvalue weighted by molar-refractivity contribution is 1.16. The minimum atomic E-state index is 0.798. The third-order valence-corrected chi connectivity index (χ3v) is 2.50. The standard InChI is InChI=1S/C15H19N/c1-4-12(2)6-5-7-13(3)14-8-10-15(16)11-9-14/h5-11H,2,4,16H2,1,3H3/b6-5-,13-7+. The molecule has 0 saturated heterocycles. The Labute approximate surface area is 98.0 Å². The molecule has 1 aromatic carbocycles. The van der Waals surface area contributed by atoms with E-state index in [1.54, 1.807) is 0 Å². The second-order valence-corrected chi connectivity index (χ2v) is 3.84. The first-order valence-electron chi connectivity index (χ1n) is 5.52. The smallest absolute Gasteiger partial charge is 0.0314 e. The van der Waals surface area contributed by atoms with Crippen LogP contribution in [-0.2, 0) is 0 Å². The summed E-state index contributed by atoms with van der Waals surface area (Å²) < 4.78 is 0. The zero-order chi connectivity index (χ0) is 12.0. The van der Waals surface area contributed by atoms with Crippen LogP contribution in [0.25, 0.3) is 5.57 Å². The summed E-state index contributed by atoms with van der Waals surface area (Å²) in [6, 6.07) is 7.90. The topological polar surface area (TPSA) is 26.0 Å². The van der Waals surface area contributed by atoms with Gasteiger partial charge in [-0.25, -0.2) is 0 Å². The van der Waals surface area contributed by atoms with E-state index in [9.17, 15) is 0 Å². The molecule has 84 valence electrons. The van der Waals surface area contributed by atoms with Gasteiger partial charge in [-0.2, -0.15) is 0 Å². The highest BCUT2D eigenvalue weighted by atomic mass is 14.5. The Balaban J connectivity index is 2.74. The highest BCUT2D eigenvalue weighted by molar-refractivity contribution is 5.66. The molecule has 0 atom stereocenters. The normalized spacial score (nSPS) is 12.0. The van der Waals surface area contributed by atoms with E-state index >= 15 is 0 Å². The van der Waals surface area contributed by atoms with Gasteiger partial charge < -0.3 is 5.73 Å². The fraction of sp³-hybridized carbons (Fsp3) is 0.200. The van der Waals surface area contributed by atoms with Crippen molar-refractivity contribution < 1.29 is 0 Å². The number of allylic oxidation sites excluding steroid dienone is 5. The van der Waals surface area contributed by atoms with Crippen LogP contribution in [0, 0.1) is 0 Å². The first-order valence-corrected chi connectivity index (χ1v) is 5.52. The first-order chi connectivity index (χ1) is 7.63. The molecule has 1 aromatic rings. The molecule has 0 aliphatic carbocycles. The summed E-state index contributed by atoms with van der Waals surface area (Å²) in [5.41, 5.74) is 10.00. The number of nitrogen functional groups attached to an aromatic ring is 1.